The van der Waals surface area contributed by atoms with Crippen LogP contribution in [-0.2, 0) is 11.3 Å². The van der Waals surface area contributed by atoms with E-state index in [4.69, 9.17) is 4.74 Å². The molecule has 0 unspecified atom stereocenters. The summed E-state index contributed by atoms with van der Waals surface area (Å²) in [6.45, 7) is 1.90. The van der Waals surface area contributed by atoms with Crippen molar-refractivity contribution in [2.45, 2.75) is 13.5 Å². The Morgan fingerprint density at radius 1 is 1.82 bits per heavy atom. The van der Waals surface area contributed by atoms with Gasteiger partial charge in [0.05, 0.1) is 6.20 Å². The van der Waals surface area contributed by atoms with Gasteiger partial charge in [-0.25, -0.2) is 4.98 Å². The summed E-state index contributed by atoms with van der Waals surface area (Å²) in [5.74, 6) is 0.664. The van der Waals surface area contributed by atoms with Gasteiger partial charge in [0.25, 0.3) is 0 Å². The number of H-pyrrole nitrogens is 1. The molecule has 0 saturated heterocycles. The molecule has 0 spiro atoms. The Hall–Kier alpha value is -1.16. The number of Topliss-reactive ketones (excluding diaryl/α,β-unsaturated/α-hetero) is 1. The van der Waals surface area contributed by atoms with Crippen LogP contribution in [0.15, 0.2) is 6.20 Å². The van der Waals surface area contributed by atoms with Gasteiger partial charge in [0.2, 0.25) is 0 Å². The fourth-order valence-electron chi connectivity index (χ4n) is 0.751. The lowest BCUT2D eigenvalue weighted by atomic mass is 10.3. The molecule has 60 valence electrons. The Morgan fingerprint density at radius 3 is 3.00 bits per heavy atom. The van der Waals surface area contributed by atoms with E-state index in [0.717, 1.165) is 0 Å². The summed E-state index contributed by atoms with van der Waals surface area (Å²) >= 11 is 0. The van der Waals surface area contributed by atoms with Crippen LogP contribution in [0.5, 0.6) is 0 Å². The number of imidazole rings is 1. The van der Waals surface area contributed by atoms with Crippen LogP contribution in [0.4, 0.5) is 0 Å². The molecule has 1 aromatic rings. The van der Waals surface area contributed by atoms with E-state index in [0.29, 0.717) is 18.1 Å². The third kappa shape index (κ3) is 1.88. The monoisotopic (exact) mass is 154 g/mol. The van der Waals surface area contributed by atoms with Crippen molar-refractivity contribution in [3.63, 3.8) is 0 Å². The maximum atomic E-state index is 10.8. The average Bonchev–Trinajstić information content (AvgIpc) is 2.37. The molecule has 11 heavy (non-hydrogen) atoms. The van der Waals surface area contributed by atoms with Crippen molar-refractivity contribution in [1.82, 2.24) is 9.97 Å². The Balaban J connectivity index is 2.73. The first-order valence-electron chi connectivity index (χ1n) is 3.28. The number of ether oxygens (including phenoxy) is 1. The largest absolute Gasteiger partial charge is 0.377 e. The SMILES string of the molecule is COCc1ncc(C(C)=O)[nH]1. The average molecular weight is 154 g/mol. The fraction of sp³-hybridized carbons (Fsp3) is 0.429. The Bertz CT molecular complexity index is 255. The molecule has 0 aliphatic carbocycles. The van der Waals surface area contributed by atoms with Crippen LogP contribution in [0.3, 0.4) is 0 Å². The van der Waals surface area contributed by atoms with Gasteiger partial charge in [-0.05, 0) is 0 Å². The molecule has 0 saturated carbocycles. The fourth-order valence-corrected chi connectivity index (χ4v) is 0.751. The van der Waals surface area contributed by atoms with Crippen LogP contribution < -0.4 is 0 Å². The topological polar surface area (TPSA) is 55.0 Å². The molecule has 0 atom stereocenters. The number of methoxy groups -OCH3 is 1. The summed E-state index contributed by atoms with van der Waals surface area (Å²) in [5.41, 5.74) is 0.525. The van der Waals surface area contributed by atoms with Crippen LogP contribution in [0.25, 0.3) is 0 Å². The Kier molecular flexibility index (Phi) is 2.38. The zero-order valence-electron chi connectivity index (χ0n) is 6.55. The number of aromatic amines is 1. The van der Waals surface area contributed by atoms with E-state index < -0.39 is 0 Å². The highest BCUT2D eigenvalue weighted by molar-refractivity contribution is 5.91. The Morgan fingerprint density at radius 2 is 2.55 bits per heavy atom. The van der Waals surface area contributed by atoms with Gasteiger partial charge in [0.1, 0.15) is 18.1 Å². The van der Waals surface area contributed by atoms with E-state index in [1.54, 1.807) is 7.11 Å². The van der Waals surface area contributed by atoms with E-state index in [2.05, 4.69) is 9.97 Å². The standard InChI is InChI=1S/C7H10N2O2/c1-5(10)6-3-8-7(9-6)4-11-2/h3H,4H2,1-2H3,(H,8,9). The van der Waals surface area contributed by atoms with Gasteiger partial charge in [-0.15, -0.1) is 0 Å². The van der Waals surface area contributed by atoms with Crippen LogP contribution >= 0.6 is 0 Å². The molecule has 0 bridgehead atoms. The maximum absolute atomic E-state index is 10.8. The molecule has 0 radical (unpaired) electrons. The predicted octanol–water partition coefficient (Wildman–Crippen LogP) is 0.759. The molecule has 4 heteroatoms. The van der Waals surface area contributed by atoms with Crippen LogP contribution in [0.1, 0.15) is 23.2 Å². The number of hydrogen-bond acceptors (Lipinski definition) is 3. The highest BCUT2D eigenvalue weighted by Gasteiger charge is 2.02. The summed E-state index contributed by atoms with van der Waals surface area (Å²) in [7, 11) is 1.58. The van der Waals surface area contributed by atoms with Gasteiger partial charge >= 0.3 is 0 Å². The first kappa shape index (κ1) is 7.94. The zero-order valence-corrected chi connectivity index (χ0v) is 6.55. The summed E-state index contributed by atoms with van der Waals surface area (Å²) in [4.78, 5) is 17.5. The minimum Gasteiger partial charge on any atom is -0.377 e. The normalized spacial score (nSPS) is 10.0. The summed E-state index contributed by atoms with van der Waals surface area (Å²) in [5, 5.41) is 0. The van der Waals surface area contributed by atoms with Crippen molar-refractivity contribution in [2.75, 3.05) is 7.11 Å². The first-order valence-corrected chi connectivity index (χ1v) is 3.28. The molecule has 1 heterocycles. The number of carbonyl (C=O) groups excluding carboxylic acids is 1. The van der Waals surface area contributed by atoms with E-state index in [9.17, 15) is 4.79 Å². The highest BCUT2D eigenvalue weighted by Crippen LogP contribution is 1.98. The van der Waals surface area contributed by atoms with Crippen molar-refractivity contribution in [2.24, 2.45) is 0 Å². The third-order valence-corrected chi connectivity index (χ3v) is 1.29. The van der Waals surface area contributed by atoms with Crippen molar-refractivity contribution >= 4 is 5.78 Å². The molecule has 0 fully saturated rings. The van der Waals surface area contributed by atoms with Crippen LogP contribution in [0.2, 0.25) is 0 Å². The van der Waals surface area contributed by atoms with Gasteiger partial charge in [-0.3, -0.25) is 4.79 Å². The molecule has 4 nitrogen and oxygen atoms in total. The number of rotatable bonds is 3. The number of carbonyl (C=O) groups is 1. The smallest absolute Gasteiger partial charge is 0.177 e. The number of ketones is 1. The molecule has 1 rings (SSSR count). The quantitative estimate of drug-likeness (QED) is 0.654. The Labute approximate surface area is 64.6 Å². The van der Waals surface area contributed by atoms with E-state index in [1.165, 1.54) is 13.1 Å². The molecular weight excluding hydrogens is 144 g/mol. The summed E-state index contributed by atoms with van der Waals surface area (Å²) < 4.78 is 4.82. The van der Waals surface area contributed by atoms with Gasteiger partial charge in [0, 0.05) is 14.0 Å². The van der Waals surface area contributed by atoms with Crippen molar-refractivity contribution in [3.05, 3.63) is 17.7 Å². The lowest BCUT2D eigenvalue weighted by Crippen LogP contribution is -1.93. The van der Waals surface area contributed by atoms with Crippen LogP contribution in [-0.4, -0.2) is 22.9 Å². The molecule has 0 amide bonds. The molecule has 0 aliphatic heterocycles. The molecule has 0 aliphatic rings. The number of aromatic nitrogens is 2. The molecule has 1 aromatic heterocycles. The first-order chi connectivity index (χ1) is 5.24. The summed E-state index contributed by atoms with van der Waals surface area (Å²) in [6, 6.07) is 0. The third-order valence-electron chi connectivity index (χ3n) is 1.29. The van der Waals surface area contributed by atoms with E-state index >= 15 is 0 Å². The minimum atomic E-state index is -0.0140. The second-order valence-electron chi connectivity index (χ2n) is 2.23. The van der Waals surface area contributed by atoms with E-state index in [1.807, 2.05) is 0 Å². The van der Waals surface area contributed by atoms with Gasteiger partial charge in [-0.1, -0.05) is 0 Å². The number of hydrogen-bond donors (Lipinski definition) is 1. The lowest BCUT2D eigenvalue weighted by Gasteiger charge is -1.90. The van der Waals surface area contributed by atoms with Crippen molar-refractivity contribution in [3.8, 4) is 0 Å². The van der Waals surface area contributed by atoms with Crippen molar-refractivity contribution < 1.29 is 9.53 Å². The zero-order chi connectivity index (χ0) is 8.27. The molecule has 0 aromatic carbocycles. The van der Waals surface area contributed by atoms with E-state index in [-0.39, 0.29) is 5.78 Å². The van der Waals surface area contributed by atoms with Crippen molar-refractivity contribution in [1.29, 1.82) is 0 Å². The van der Waals surface area contributed by atoms with Gasteiger partial charge in [-0.2, -0.15) is 0 Å². The van der Waals surface area contributed by atoms with Crippen LogP contribution in [0, 0.1) is 0 Å². The predicted molar refractivity (Wildman–Crippen MR) is 39.3 cm³/mol. The molecule has 1 N–H and O–H groups in total. The number of nitrogens with zero attached hydrogens (tertiary/aromatic N) is 1. The summed E-state index contributed by atoms with van der Waals surface area (Å²) in [6.07, 6.45) is 1.51. The second-order valence-corrected chi connectivity index (χ2v) is 2.23. The lowest BCUT2D eigenvalue weighted by molar-refractivity contribution is 0.101. The maximum Gasteiger partial charge on any atom is 0.177 e. The number of nitrogens with one attached hydrogen (secondary N) is 1. The second kappa shape index (κ2) is 3.30. The van der Waals surface area contributed by atoms with Gasteiger partial charge in [0.15, 0.2) is 5.78 Å². The minimum absolute atomic E-state index is 0.0140. The highest BCUT2D eigenvalue weighted by atomic mass is 16.5. The van der Waals surface area contributed by atoms with Gasteiger partial charge < -0.3 is 9.72 Å². The molecular formula is C7H10N2O2.